The molecule has 1 aromatic carbocycles. The van der Waals surface area contributed by atoms with Crippen LogP contribution in [0.25, 0.3) is 0 Å². The van der Waals surface area contributed by atoms with Gasteiger partial charge in [0.05, 0.1) is 10.9 Å². The standard InChI is InChI=1S/C13H16ClNO3/c14-11-7-10(4-5-12(11)16)15-9-3-1-2-8(6-9)13(17)18/h4-5,7-9,15-16H,1-3,6H2,(H,17,18). The van der Waals surface area contributed by atoms with Crippen LogP contribution in [-0.4, -0.2) is 22.2 Å². The first-order valence-corrected chi connectivity index (χ1v) is 6.42. The van der Waals surface area contributed by atoms with Gasteiger partial charge in [0, 0.05) is 11.7 Å². The van der Waals surface area contributed by atoms with Crippen LogP contribution in [0.15, 0.2) is 18.2 Å². The number of carboxylic acid groups (broad SMARTS) is 1. The van der Waals surface area contributed by atoms with Crippen LogP contribution < -0.4 is 5.32 Å². The summed E-state index contributed by atoms with van der Waals surface area (Å²) in [5.41, 5.74) is 0.814. The molecule has 0 spiro atoms. The van der Waals surface area contributed by atoms with Crippen molar-refractivity contribution in [1.29, 1.82) is 0 Å². The predicted molar refractivity (Wildman–Crippen MR) is 70.1 cm³/mol. The Kier molecular flexibility index (Phi) is 3.97. The summed E-state index contributed by atoms with van der Waals surface area (Å²) in [5.74, 6) is -0.927. The predicted octanol–water partition coefficient (Wildman–Crippen LogP) is 3.10. The third-order valence-corrected chi connectivity index (χ3v) is 3.64. The molecule has 0 saturated heterocycles. The van der Waals surface area contributed by atoms with Crippen molar-refractivity contribution in [3.05, 3.63) is 23.2 Å². The average Bonchev–Trinajstić information content (AvgIpc) is 2.34. The number of aromatic hydroxyl groups is 1. The lowest BCUT2D eigenvalue weighted by Gasteiger charge is -2.28. The molecule has 1 aliphatic carbocycles. The zero-order chi connectivity index (χ0) is 13.1. The van der Waals surface area contributed by atoms with Crippen molar-refractivity contribution in [2.75, 3.05) is 5.32 Å². The quantitative estimate of drug-likeness (QED) is 0.738. The first-order chi connectivity index (χ1) is 8.56. The van der Waals surface area contributed by atoms with Gasteiger partial charge in [-0.25, -0.2) is 0 Å². The molecule has 0 radical (unpaired) electrons. The molecule has 4 nitrogen and oxygen atoms in total. The van der Waals surface area contributed by atoms with Gasteiger partial charge < -0.3 is 15.5 Å². The van der Waals surface area contributed by atoms with Crippen LogP contribution in [0.4, 0.5) is 5.69 Å². The Labute approximate surface area is 111 Å². The lowest BCUT2D eigenvalue weighted by Crippen LogP contribution is -2.30. The maximum Gasteiger partial charge on any atom is 0.306 e. The third-order valence-electron chi connectivity index (χ3n) is 3.34. The van der Waals surface area contributed by atoms with Gasteiger partial charge in [-0.2, -0.15) is 0 Å². The highest BCUT2D eigenvalue weighted by Crippen LogP contribution is 2.30. The highest BCUT2D eigenvalue weighted by molar-refractivity contribution is 6.32. The number of halogens is 1. The molecule has 2 atom stereocenters. The number of phenolic OH excluding ortho intramolecular Hbond substituents is 1. The van der Waals surface area contributed by atoms with Crippen LogP contribution in [0.3, 0.4) is 0 Å². The summed E-state index contributed by atoms with van der Waals surface area (Å²) in [6.07, 6.45) is 3.26. The Morgan fingerprint density at radius 3 is 2.83 bits per heavy atom. The van der Waals surface area contributed by atoms with E-state index in [-0.39, 0.29) is 17.7 Å². The number of carbonyl (C=O) groups is 1. The van der Waals surface area contributed by atoms with Gasteiger partial charge >= 0.3 is 5.97 Å². The van der Waals surface area contributed by atoms with Gasteiger partial charge in [-0.3, -0.25) is 4.79 Å². The Hall–Kier alpha value is -1.42. The van der Waals surface area contributed by atoms with E-state index >= 15 is 0 Å². The summed E-state index contributed by atoms with van der Waals surface area (Å²) in [6.45, 7) is 0. The molecule has 0 bridgehead atoms. The summed E-state index contributed by atoms with van der Waals surface area (Å²) < 4.78 is 0. The van der Waals surface area contributed by atoms with E-state index in [1.807, 2.05) is 0 Å². The van der Waals surface area contributed by atoms with E-state index in [2.05, 4.69) is 5.32 Å². The second kappa shape index (κ2) is 5.48. The molecular weight excluding hydrogens is 254 g/mol. The fourth-order valence-corrected chi connectivity index (χ4v) is 2.56. The number of benzene rings is 1. The molecule has 0 amide bonds. The van der Waals surface area contributed by atoms with Crippen LogP contribution >= 0.6 is 11.6 Å². The molecule has 3 N–H and O–H groups in total. The van der Waals surface area contributed by atoms with Crippen molar-refractivity contribution >= 4 is 23.3 Å². The van der Waals surface area contributed by atoms with Gasteiger partial charge in [-0.15, -0.1) is 0 Å². The third kappa shape index (κ3) is 3.07. The van der Waals surface area contributed by atoms with Gasteiger partial charge in [0.25, 0.3) is 0 Å². The van der Waals surface area contributed by atoms with Gasteiger partial charge in [0.2, 0.25) is 0 Å². The Morgan fingerprint density at radius 2 is 2.17 bits per heavy atom. The smallest absolute Gasteiger partial charge is 0.306 e. The van der Waals surface area contributed by atoms with Crippen LogP contribution in [0.5, 0.6) is 5.75 Å². The van der Waals surface area contributed by atoms with Crippen LogP contribution in [0.2, 0.25) is 5.02 Å². The van der Waals surface area contributed by atoms with Gasteiger partial charge in [0.1, 0.15) is 5.75 Å². The monoisotopic (exact) mass is 269 g/mol. The number of hydrogen-bond donors (Lipinski definition) is 3. The van der Waals surface area contributed by atoms with E-state index in [1.54, 1.807) is 12.1 Å². The minimum absolute atomic E-state index is 0.0503. The first kappa shape index (κ1) is 13.0. The molecule has 1 aromatic rings. The van der Waals surface area contributed by atoms with Gasteiger partial charge in [-0.1, -0.05) is 18.0 Å². The zero-order valence-corrected chi connectivity index (χ0v) is 10.7. The maximum absolute atomic E-state index is 11.0. The van der Waals surface area contributed by atoms with E-state index in [0.29, 0.717) is 11.4 Å². The van der Waals surface area contributed by atoms with E-state index in [1.165, 1.54) is 6.07 Å². The minimum Gasteiger partial charge on any atom is -0.506 e. The number of hydrogen-bond acceptors (Lipinski definition) is 3. The second-order valence-electron chi connectivity index (χ2n) is 4.71. The number of phenols is 1. The average molecular weight is 270 g/mol. The number of nitrogens with one attached hydrogen (secondary N) is 1. The van der Waals surface area contributed by atoms with Crippen molar-refractivity contribution in [1.82, 2.24) is 0 Å². The van der Waals surface area contributed by atoms with E-state index in [4.69, 9.17) is 16.7 Å². The molecular formula is C13H16ClNO3. The fourth-order valence-electron chi connectivity index (χ4n) is 2.38. The Balaban J connectivity index is 2.00. The summed E-state index contributed by atoms with van der Waals surface area (Å²) in [6, 6.07) is 5.08. The van der Waals surface area contributed by atoms with Gasteiger partial charge in [0.15, 0.2) is 0 Å². The molecule has 1 fully saturated rings. The molecule has 1 saturated carbocycles. The number of rotatable bonds is 3. The highest BCUT2D eigenvalue weighted by atomic mass is 35.5. The fraction of sp³-hybridized carbons (Fsp3) is 0.462. The van der Waals surface area contributed by atoms with E-state index < -0.39 is 5.97 Å². The molecule has 0 aliphatic heterocycles. The first-order valence-electron chi connectivity index (χ1n) is 6.04. The van der Waals surface area contributed by atoms with E-state index in [9.17, 15) is 9.90 Å². The lowest BCUT2D eigenvalue weighted by molar-refractivity contribution is -0.142. The maximum atomic E-state index is 11.0. The number of carboxylic acids is 1. The van der Waals surface area contributed by atoms with Gasteiger partial charge in [-0.05, 0) is 37.5 Å². The van der Waals surface area contributed by atoms with Crippen LogP contribution in [0.1, 0.15) is 25.7 Å². The van der Waals surface area contributed by atoms with Crippen molar-refractivity contribution in [3.63, 3.8) is 0 Å². The molecule has 2 unspecified atom stereocenters. The van der Waals surface area contributed by atoms with E-state index in [0.717, 1.165) is 24.9 Å². The van der Waals surface area contributed by atoms with Crippen LogP contribution in [0, 0.1) is 5.92 Å². The molecule has 0 aromatic heterocycles. The molecule has 1 aliphatic rings. The Morgan fingerprint density at radius 1 is 1.39 bits per heavy atom. The lowest BCUT2D eigenvalue weighted by atomic mass is 9.85. The summed E-state index contributed by atoms with van der Waals surface area (Å²) in [4.78, 5) is 11.0. The number of aliphatic carboxylic acids is 1. The molecule has 98 valence electrons. The normalized spacial score (nSPS) is 23.6. The Bertz CT molecular complexity index is 450. The topological polar surface area (TPSA) is 69.6 Å². The highest BCUT2D eigenvalue weighted by Gasteiger charge is 2.26. The SMILES string of the molecule is O=C(O)C1CCCC(Nc2ccc(O)c(Cl)c2)C1. The van der Waals surface area contributed by atoms with Crippen molar-refractivity contribution in [3.8, 4) is 5.75 Å². The summed E-state index contributed by atoms with van der Waals surface area (Å²) in [5, 5.41) is 21.9. The minimum atomic E-state index is -0.717. The van der Waals surface area contributed by atoms with Crippen molar-refractivity contribution < 1.29 is 15.0 Å². The molecule has 18 heavy (non-hydrogen) atoms. The summed E-state index contributed by atoms with van der Waals surface area (Å²) >= 11 is 5.83. The molecule has 5 heteroatoms. The van der Waals surface area contributed by atoms with Crippen LogP contribution in [-0.2, 0) is 4.79 Å². The molecule has 2 rings (SSSR count). The van der Waals surface area contributed by atoms with Crippen molar-refractivity contribution in [2.45, 2.75) is 31.7 Å². The largest absolute Gasteiger partial charge is 0.506 e. The van der Waals surface area contributed by atoms with Crippen molar-refractivity contribution in [2.24, 2.45) is 5.92 Å². The summed E-state index contributed by atoms with van der Waals surface area (Å²) in [7, 11) is 0. The molecule has 0 heterocycles. The zero-order valence-electron chi connectivity index (χ0n) is 9.90. The second-order valence-corrected chi connectivity index (χ2v) is 5.12. The number of anilines is 1.